The van der Waals surface area contributed by atoms with Crippen molar-refractivity contribution in [3.63, 3.8) is 0 Å². The van der Waals surface area contributed by atoms with Gasteiger partial charge in [0.05, 0.1) is 16.1 Å². The highest BCUT2D eigenvalue weighted by atomic mass is 35.5. The number of aliphatic hydroxyl groups is 1. The van der Waals surface area contributed by atoms with Crippen molar-refractivity contribution in [1.82, 2.24) is 5.32 Å². The third kappa shape index (κ3) is 4.09. The summed E-state index contributed by atoms with van der Waals surface area (Å²) in [4.78, 5) is 0. The first kappa shape index (κ1) is 15.1. The summed E-state index contributed by atoms with van der Waals surface area (Å²) < 4.78 is 0. The van der Waals surface area contributed by atoms with Crippen molar-refractivity contribution in [3.05, 3.63) is 33.8 Å². The first-order valence-corrected chi connectivity index (χ1v) is 7.70. The first-order chi connectivity index (χ1) is 9.08. The van der Waals surface area contributed by atoms with Crippen molar-refractivity contribution in [2.24, 2.45) is 5.92 Å². The molecule has 0 aliphatic heterocycles. The van der Waals surface area contributed by atoms with Gasteiger partial charge in [-0.1, -0.05) is 42.1 Å². The van der Waals surface area contributed by atoms with Gasteiger partial charge in [0.25, 0.3) is 0 Å². The summed E-state index contributed by atoms with van der Waals surface area (Å²) in [6, 6.07) is 5.93. The average Bonchev–Trinajstić information content (AvgIpc) is 2.40. The molecule has 1 aliphatic carbocycles. The lowest BCUT2D eigenvalue weighted by atomic mass is 9.86. The Hall–Kier alpha value is -0.280. The first-order valence-electron chi connectivity index (χ1n) is 6.94. The molecule has 1 aromatic carbocycles. The zero-order chi connectivity index (χ0) is 13.8. The van der Waals surface area contributed by atoms with Crippen LogP contribution in [-0.2, 0) is 0 Å². The summed E-state index contributed by atoms with van der Waals surface area (Å²) in [5.41, 5.74) is 1.12. The molecule has 0 radical (unpaired) electrons. The quantitative estimate of drug-likeness (QED) is 0.874. The van der Waals surface area contributed by atoms with Gasteiger partial charge in [-0.3, -0.25) is 0 Å². The molecule has 0 saturated heterocycles. The Morgan fingerprint density at radius 1 is 1.26 bits per heavy atom. The van der Waals surface area contributed by atoms with Crippen molar-refractivity contribution in [2.75, 3.05) is 6.54 Å². The molecule has 0 heterocycles. The molecule has 0 spiro atoms. The minimum absolute atomic E-state index is 0.151. The predicted molar refractivity (Wildman–Crippen MR) is 80.8 cm³/mol. The standard InChI is InChI=1S/C15H21Cl2NO/c1-10(11-6-7-13(16)14(17)8-11)18-9-12-4-2-3-5-15(12)19/h6-8,10,12,15,18-19H,2-5,9H2,1H3. The van der Waals surface area contributed by atoms with Gasteiger partial charge in [0, 0.05) is 12.6 Å². The van der Waals surface area contributed by atoms with Crippen molar-refractivity contribution in [2.45, 2.75) is 44.8 Å². The number of benzene rings is 1. The van der Waals surface area contributed by atoms with Gasteiger partial charge in [-0.25, -0.2) is 0 Å². The normalized spacial score (nSPS) is 25.3. The number of halogens is 2. The largest absolute Gasteiger partial charge is 0.393 e. The number of rotatable bonds is 4. The second-order valence-electron chi connectivity index (χ2n) is 5.42. The van der Waals surface area contributed by atoms with Crippen LogP contribution < -0.4 is 5.32 Å². The predicted octanol–water partition coefficient (Wildman–Crippen LogP) is 4.20. The number of nitrogens with one attached hydrogen (secondary N) is 1. The lowest BCUT2D eigenvalue weighted by Crippen LogP contribution is -2.34. The zero-order valence-corrected chi connectivity index (χ0v) is 12.7. The molecule has 19 heavy (non-hydrogen) atoms. The minimum atomic E-state index is -0.151. The van der Waals surface area contributed by atoms with E-state index in [9.17, 15) is 5.11 Å². The molecule has 4 heteroatoms. The number of aliphatic hydroxyl groups excluding tert-OH is 1. The van der Waals surface area contributed by atoms with Crippen LogP contribution in [0.4, 0.5) is 0 Å². The highest BCUT2D eigenvalue weighted by Crippen LogP contribution is 2.27. The lowest BCUT2D eigenvalue weighted by Gasteiger charge is -2.29. The Balaban J connectivity index is 1.89. The van der Waals surface area contributed by atoms with Gasteiger partial charge in [-0.15, -0.1) is 0 Å². The third-order valence-corrected chi connectivity index (χ3v) is 4.74. The SMILES string of the molecule is CC(NCC1CCCCC1O)c1ccc(Cl)c(Cl)c1. The van der Waals surface area contributed by atoms with Crippen LogP contribution in [0.5, 0.6) is 0 Å². The second kappa shape index (κ2) is 6.94. The van der Waals surface area contributed by atoms with Crippen LogP contribution in [0.25, 0.3) is 0 Å². The summed E-state index contributed by atoms with van der Waals surface area (Å²) >= 11 is 11.9. The molecule has 1 aliphatic rings. The van der Waals surface area contributed by atoms with Gasteiger partial charge < -0.3 is 10.4 Å². The van der Waals surface area contributed by atoms with Gasteiger partial charge >= 0.3 is 0 Å². The van der Waals surface area contributed by atoms with E-state index in [-0.39, 0.29) is 12.1 Å². The fraction of sp³-hybridized carbons (Fsp3) is 0.600. The molecule has 3 atom stereocenters. The molecule has 2 rings (SSSR count). The molecule has 2 N–H and O–H groups in total. The van der Waals surface area contributed by atoms with Crippen LogP contribution in [0, 0.1) is 5.92 Å². The van der Waals surface area contributed by atoms with E-state index >= 15 is 0 Å². The average molecular weight is 302 g/mol. The van der Waals surface area contributed by atoms with E-state index in [0.29, 0.717) is 16.0 Å². The Morgan fingerprint density at radius 3 is 2.68 bits per heavy atom. The highest BCUT2D eigenvalue weighted by molar-refractivity contribution is 6.42. The molecule has 1 aromatic rings. The van der Waals surface area contributed by atoms with Crippen molar-refractivity contribution >= 4 is 23.2 Å². The van der Waals surface area contributed by atoms with Crippen LogP contribution in [0.3, 0.4) is 0 Å². The smallest absolute Gasteiger partial charge is 0.0595 e. The summed E-state index contributed by atoms with van der Waals surface area (Å²) in [5, 5.41) is 14.6. The topological polar surface area (TPSA) is 32.3 Å². The van der Waals surface area contributed by atoms with Crippen LogP contribution in [0.15, 0.2) is 18.2 Å². The van der Waals surface area contributed by atoms with Crippen LogP contribution >= 0.6 is 23.2 Å². The molecule has 1 saturated carbocycles. The summed E-state index contributed by atoms with van der Waals surface area (Å²) in [7, 11) is 0. The van der Waals surface area contributed by atoms with E-state index in [1.54, 1.807) is 0 Å². The molecular weight excluding hydrogens is 281 g/mol. The Bertz CT molecular complexity index is 425. The van der Waals surface area contributed by atoms with Gasteiger partial charge in [0.1, 0.15) is 0 Å². The fourth-order valence-electron chi connectivity index (χ4n) is 2.65. The number of hydrogen-bond acceptors (Lipinski definition) is 2. The zero-order valence-electron chi connectivity index (χ0n) is 11.2. The van der Waals surface area contributed by atoms with E-state index in [0.717, 1.165) is 31.4 Å². The maximum Gasteiger partial charge on any atom is 0.0595 e. The van der Waals surface area contributed by atoms with E-state index in [2.05, 4.69) is 12.2 Å². The molecule has 0 amide bonds. The highest BCUT2D eigenvalue weighted by Gasteiger charge is 2.23. The molecule has 106 valence electrons. The monoisotopic (exact) mass is 301 g/mol. The molecule has 0 aromatic heterocycles. The van der Waals surface area contributed by atoms with E-state index < -0.39 is 0 Å². The van der Waals surface area contributed by atoms with Crippen molar-refractivity contribution in [1.29, 1.82) is 0 Å². The third-order valence-electron chi connectivity index (χ3n) is 4.00. The molecular formula is C15H21Cl2NO. The van der Waals surface area contributed by atoms with Crippen molar-refractivity contribution in [3.8, 4) is 0 Å². The van der Waals surface area contributed by atoms with Crippen molar-refractivity contribution < 1.29 is 5.11 Å². The molecule has 0 bridgehead atoms. The summed E-state index contributed by atoms with van der Waals surface area (Å²) in [6.45, 7) is 2.96. The molecule has 3 unspecified atom stereocenters. The second-order valence-corrected chi connectivity index (χ2v) is 6.23. The van der Waals surface area contributed by atoms with Crippen LogP contribution in [0.2, 0.25) is 10.0 Å². The van der Waals surface area contributed by atoms with E-state index in [4.69, 9.17) is 23.2 Å². The van der Waals surface area contributed by atoms with Gasteiger partial charge in [0.15, 0.2) is 0 Å². The van der Waals surface area contributed by atoms with Crippen LogP contribution in [-0.4, -0.2) is 17.8 Å². The lowest BCUT2D eigenvalue weighted by molar-refractivity contribution is 0.0684. The molecule has 1 fully saturated rings. The Kier molecular flexibility index (Phi) is 5.52. The summed E-state index contributed by atoms with van der Waals surface area (Å²) in [6.07, 6.45) is 4.28. The maximum atomic E-state index is 9.95. The van der Waals surface area contributed by atoms with E-state index in [1.165, 1.54) is 6.42 Å². The Labute approximate surface area is 125 Å². The van der Waals surface area contributed by atoms with Crippen LogP contribution in [0.1, 0.15) is 44.2 Å². The fourth-order valence-corrected chi connectivity index (χ4v) is 2.96. The van der Waals surface area contributed by atoms with E-state index in [1.807, 2.05) is 18.2 Å². The van der Waals surface area contributed by atoms with Gasteiger partial charge in [-0.2, -0.15) is 0 Å². The minimum Gasteiger partial charge on any atom is -0.393 e. The maximum absolute atomic E-state index is 9.95. The number of hydrogen-bond donors (Lipinski definition) is 2. The molecule has 2 nitrogen and oxygen atoms in total. The Morgan fingerprint density at radius 2 is 2.00 bits per heavy atom. The van der Waals surface area contributed by atoms with Gasteiger partial charge in [-0.05, 0) is 43.4 Å². The summed E-state index contributed by atoms with van der Waals surface area (Å²) in [5.74, 6) is 0.374. The van der Waals surface area contributed by atoms with Gasteiger partial charge in [0.2, 0.25) is 0 Å².